The number of hydrogen-bond acceptors (Lipinski definition) is 4. The Kier molecular flexibility index (Phi) is 6.97. The summed E-state index contributed by atoms with van der Waals surface area (Å²) in [6.07, 6.45) is -5.77. The fourth-order valence-corrected chi connectivity index (χ4v) is 4.06. The molecule has 0 saturated heterocycles. The predicted molar refractivity (Wildman–Crippen MR) is 127 cm³/mol. The zero-order valence-electron chi connectivity index (χ0n) is 20.0. The number of para-hydroxylation sites is 1. The molecule has 37 heavy (non-hydrogen) atoms. The third-order valence-corrected chi connectivity index (χ3v) is 5.88. The Labute approximate surface area is 213 Å². The highest BCUT2D eigenvalue weighted by Gasteiger charge is 2.34. The molecule has 0 aliphatic rings. The Morgan fingerprint density at radius 1 is 0.946 bits per heavy atom. The van der Waals surface area contributed by atoms with Crippen LogP contribution in [0.5, 0.6) is 0 Å². The Balaban J connectivity index is 1.80. The Morgan fingerprint density at radius 2 is 1.57 bits per heavy atom. The van der Waals surface area contributed by atoms with Crippen LogP contribution in [0, 0.1) is 13.8 Å². The van der Waals surface area contributed by atoms with Gasteiger partial charge in [0.15, 0.2) is 11.6 Å². The van der Waals surface area contributed by atoms with Crippen LogP contribution in [0.4, 0.5) is 22.0 Å². The van der Waals surface area contributed by atoms with Gasteiger partial charge in [0.25, 0.3) is 0 Å². The first-order chi connectivity index (χ1) is 17.2. The number of halogens is 6. The van der Waals surface area contributed by atoms with Gasteiger partial charge in [0.1, 0.15) is 6.54 Å². The van der Waals surface area contributed by atoms with Crippen LogP contribution >= 0.6 is 11.6 Å². The fourth-order valence-electron chi connectivity index (χ4n) is 3.93. The van der Waals surface area contributed by atoms with Crippen LogP contribution in [0.2, 0.25) is 5.02 Å². The van der Waals surface area contributed by atoms with E-state index in [0.717, 1.165) is 13.9 Å². The number of rotatable bonds is 7. The normalized spacial score (nSPS) is 12.4. The maximum atomic E-state index is 14.5. The van der Waals surface area contributed by atoms with E-state index in [1.807, 2.05) is 0 Å². The van der Waals surface area contributed by atoms with Crippen LogP contribution in [-0.4, -0.2) is 35.3 Å². The van der Waals surface area contributed by atoms with Crippen molar-refractivity contribution < 1.29 is 22.0 Å². The van der Waals surface area contributed by atoms with Crippen molar-refractivity contribution in [2.75, 3.05) is 0 Å². The number of benzene rings is 2. The molecule has 196 valence electrons. The molecule has 0 amide bonds. The molecule has 4 aromatic rings. The largest absolute Gasteiger partial charge is 0.390 e. The van der Waals surface area contributed by atoms with Gasteiger partial charge >= 0.3 is 17.8 Å². The summed E-state index contributed by atoms with van der Waals surface area (Å²) < 4.78 is 70.6. The number of hydrogen-bond donors (Lipinski definition) is 0. The van der Waals surface area contributed by atoms with Crippen molar-refractivity contribution in [1.29, 1.82) is 0 Å². The highest BCUT2D eigenvalue weighted by atomic mass is 35.5. The van der Waals surface area contributed by atoms with Gasteiger partial charge in [0, 0.05) is 24.1 Å². The smallest absolute Gasteiger partial charge is 0.275 e. The van der Waals surface area contributed by atoms with Crippen LogP contribution in [0.3, 0.4) is 0 Å². The summed E-state index contributed by atoms with van der Waals surface area (Å²) in [7, 11) is 0. The molecule has 4 rings (SSSR count). The summed E-state index contributed by atoms with van der Waals surface area (Å²) >= 11 is 5.91. The molecular weight excluding hydrogens is 519 g/mol. The number of alkyl halides is 5. The molecule has 13 heteroatoms. The molecule has 2 heterocycles. The van der Waals surface area contributed by atoms with E-state index in [4.69, 9.17) is 11.6 Å². The standard InChI is InChI=1S/C24H22ClF5N6O/c1-14-5-4-6-15(2)19(14)36-21(23(3,26)27)31-18(32-36)13-35-22(37)34(12-11-24(28,29)30)20(33-35)16-7-9-17(25)10-8-16/h4-10H,11-13H2,1-3H3. The molecule has 7 nitrogen and oxygen atoms in total. The summed E-state index contributed by atoms with van der Waals surface area (Å²) in [5.74, 6) is -4.18. The molecule has 0 spiro atoms. The summed E-state index contributed by atoms with van der Waals surface area (Å²) in [6, 6.07) is 11.3. The maximum absolute atomic E-state index is 14.5. The van der Waals surface area contributed by atoms with E-state index >= 15 is 0 Å². The lowest BCUT2D eigenvalue weighted by molar-refractivity contribution is -0.136. The molecule has 0 fully saturated rings. The van der Waals surface area contributed by atoms with E-state index < -0.39 is 43.1 Å². The molecule has 0 bridgehead atoms. The van der Waals surface area contributed by atoms with Gasteiger partial charge in [-0.2, -0.15) is 22.0 Å². The minimum Gasteiger partial charge on any atom is -0.275 e. The average molecular weight is 541 g/mol. The first-order valence-corrected chi connectivity index (χ1v) is 11.5. The van der Waals surface area contributed by atoms with Gasteiger partial charge in [-0.15, -0.1) is 10.2 Å². The van der Waals surface area contributed by atoms with Gasteiger partial charge in [0.2, 0.25) is 5.82 Å². The van der Waals surface area contributed by atoms with Crippen LogP contribution < -0.4 is 5.69 Å². The van der Waals surface area contributed by atoms with E-state index in [2.05, 4.69) is 15.2 Å². The van der Waals surface area contributed by atoms with E-state index in [9.17, 15) is 26.7 Å². The van der Waals surface area contributed by atoms with Crippen molar-refractivity contribution >= 4 is 11.6 Å². The Hall–Kier alpha value is -3.54. The van der Waals surface area contributed by atoms with Crippen molar-refractivity contribution in [2.45, 2.75) is 52.4 Å². The summed E-state index contributed by atoms with van der Waals surface area (Å²) in [5.41, 5.74) is 1.28. The van der Waals surface area contributed by atoms with Crippen LogP contribution in [0.25, 0.3) is 17.1 Å². The number of aryl methyl sites for hydroxylation is 2. The van der Waals surface area contributed by atoms with Gasteiger partial charge < -0.3 is 0 Å². The number of nitrogens with zero attached hydrogens (tertiary/aromatic N) is 6. The molecular formula is C24H22ClF5N6O. The van der Waals surface area contributed by atoms with E-state index in [-0.39, 0.29) is 11.6 Å². The second kappa shape index (κ2) is 9.73. The van der Waals surface area contributed by atoms with Gasteiger partial charge in [-0.25, -0.2) is 19.1 Å². The first-order valence-electron chi connectivity index (χ1n) is 11.2. The van der Waals surface area contributed by atoms with Crippen molar-refractivity contribution in [3.63, 3.8) is 0 Å². The third-order valence-electron chi connectivity index (χ3n) is 5.63. The highest BCUT2D eigenvalue weighted by Crippen LogP contribution is 2.30. The zero-order chi connectivity index (χ0) is 27.1. The second-order valence-corrected chi connectivity index (χ2v) is 9.12. The van der Waals surface area contributed by atoms with E-state index in [0.29, 0.717) is 34.3 Å². The first kappa shape index (κ1) is 26.5. The Morgan fingerprint density at radius 3 is 2.14 bits per heavy atom. The molecule has 2 aromatic heterocycles. The molecule has 0 unspecified atom stereocenters. The van der Waals surface area contributed by atoms with E-state index in [1.165, 1.54) is 24.3 Å². The van der Waals surface area contributed by atoms with Crippen molar-refractivity contribution in [2.24, 2.45) is 0 Å². The molecule has 0 aliphatic carbocycles. The van der Waals surface area contributed by atoms with Crippen LogP contribution in [0.15, 0.2) is 47.3 Å². The minimum absolute atomic E-state index is 0.0267. The average Bonchev–Trinajstić information content (AvgIpc) is 3.34. The maximum Gasteiger partial charge on any atom is 0.390 e. The molecule has 2 aromatic carbocycles. The highest BCUT2D eigenvalue weighted by molar-refractivity contribution is 6.30. The lowest BCUT2D eigenvalue weighted by atomic mass is 10.1. The molecule has 0 radical (unpaired) electrons. The third kappa shape index (κ3) is 5.74. The zero-order valence-corrected chi connectivity index (χ0v) is 20.8. The summed E-state index contributed by atoms with van der Waals surface area (Å²) in [4.78, 5) is 17.1. The molecule has 0 aliphatic heterocycles. The van der Waals surface area contributed by atoms with Crippen LogP contribution in [0.1, 0.15) is 36.1 Å². The van der Waals surface area contributed by atoms with Gasteiger partial charge in [-0.3, -0.25) is 4.57 Å². The van der Waals surface area contributed by atoms with Crippen molar-refractivity contribution in [3.05, 3.63) is 80.7 Å². The topological polar surface area (TPSA) is 70.5 Å². The molecule has 0 saturated carbocycles. The predicted octanol–water partition coefficient (Wildman–Crippen LogP) is 5.68. The fraction of sp³-hybridized carbons (Fsp3) is 0.333. The monoisotopic (exact) mass is 540 g/mol. The summed E-state index contributed by atoms with van der Waals surface area (Å²) in [5, 5.41) is 8.82. The summed E-state index contributed by atoms with van der Waals surface area (Å²) in [6.45, 7) is 3.06. The molecule has 0 N–H and O–H groups in total. The van der Waals surface area contributed by atoms with Crippen molar-refractivity contribution in [3.8, 4) is 17.1 Å². The minimum atomic E-state index is -4.51. The SMILES string of the molecule is Cc1cccc(C)c1-n1nc(Cn2nc(-c3ccc(Cl)cc3)n(CCC(F)(F)F)c2=O)nc1C(C)(F)F. The van der Waals surface area contributed by atoms with E-state index in [1.54, 1.807) is 32.0 Å². The lowest BCUT2D eigenvalue weighted by Crippen LogP contribution is -2.27. The van der Waals surface area contributed by atoms with Crippen LogP contribution in [-0.2, 0) is 19.0 Å². The van der Waals surface area contributed by atoms with Gasteiger partial charge in [-0.05, 0) is 49.2 Å². The Bertz CT molecular complexity index is 1460. The lowest BCUT2D eigenvalue weighted by Gasteiger charge is -2.15. The quantitative estimate of drug-likeness (QED) is 0.283. The van der Waals surface area contributed by atoms with Gasteiger partial charge in [0.05, 0.1) is 12.1 Å². The molecule has 0 atom stereocenters. The second-order valence-electron chi connectivity index (χ2n) is 8.68. The van der Waals surface area contributed by atoms with Gasteiger partial charge in [-0.1, -0.05) is 29.8 Å². The van der Waals surface area contributed by atoms with Crippen molar-refractivity contribution in [1.82, 2.24) is 29.1 Å². The number of aromatic nitrogens is 6.